The van der Waals surface area contributed by atoms with Crippen LogP contribution in [0.4, 0.5) is 5.69 Å². The lowest BCUT2D eigenvalue weighted by molar-refractivity contribution is -0.121. The molecule has 0 aliphatic heterocycles. The van der Waals surface area contributed by atoms with Crippen molar-refractivity contribution < 1.29 is 17.9 Å². The fourth-order valence-electron chi connectivity index (χ4n) is 4.57. The zero-order valence-corrected chi connectivity index (χ0v) is 17.2. The number of amides is 1. The summed E-state index contributed by atoms with van der Waals surface area (Å²) in [5, 5.41) is 2.95. The van der Waals surface area contributed by atoms with Crippen LogP contribution < -0.4 is 10.1 Å². The summed E-state index contributed by atoms with van der Waals surface area (Å²) < 4.78 is 33.0. The lowest BCUT2D eigenvalue weighted by Crippen LogP contribution is -2.31. The van der Waals surface area contributed by atoms with Gasteiger partial charge in [0.05, 0.1) is 6.61 Å². The van der Waals surface area contributed by atoms with Gasteiger partial charge in [0.15, 0.2) is 0 Å². The van der Waals surface area contributed by atoms with E-state index in [4.69, 9.17) is 4.74 Å². The molecule has 0 aromatic heterocycles. The van der Waals surface area contributed by atoms with Crippen LogP contribution in [0.25, 0.3) is 0 Å². The van der Waals surface area contributed by atoms with E-state index in [2.05, 4.69) is 5.32 Å². The Morgan fingerprint density at radius 1 is 1.19 bits per heavy atom. The van der Waals surface area contributed by atoms with Crippen LogP contribution in [0.1, 0.15) is 46.5 Å². The summed E-state index contributed by atoms with van der Waals surface area (Å²) in [6.07, 6.45) is 4.48. The van der Waals surface area contributed by atoms with Crippen LogP contribution in [-0.4, -0.2) is 38.3 Å². The van der Waals surface area contributed by atoms with E-state index < -0.39 is 10.0 Å². The molecule has 1 amide bonds. The number of nitrogens with zero attached hydrogens (tertiary/aromatic N) is 1. The molecule has 1 aromatic rings. The van der Waals surface area contributed by atoms with Crippen molar-refractivity contribution in [3.05, 3.63) is 18.2 Å². The molecular weight excluding hydrogens is 364 g/mol. The number of hydrogen-bond acceptors (Lipinski definition) is 4. The van der Waals surface area contributed by atoms with Gasteiger partial charge in [-0.05, 0) is 56.2 Å². The summed E-state index contributed by atoms with van der Waals surface area (Å²) in [5.41, 5.74) is 0.511. The highest BCUT2D eigenvalue weighted by Crippen LogP contribution is 2.48. The largest absolute Gasteiger partial charge is 0.492 e. The SMILES string of the molecule is CCOc1ccc(NC(=O)C2CC3CCC2C3)cc1S(=O)(=O)N(CC)CC. The Labute approximate surface area is 162 Å². The maximum atomic E-state index is 13.0. The van der Waals surface area contributed by atoms with E-state index in [0.717, 1.165) is 19.3 Å². The number of ether oxygens (including phenoxy) is 1. The molecule has 1 aromatic carbocycles. The molecule has 0 heterocycles. The smallest absolute Gasteiger partial charge is 0.246 e. The Kier molecular flexibility index (Phi) is 6.11. The molecule has 0 saturated heterocycles. The van der Waals surface area contributed by atoms with E-state index in [1.807, 2.05) is 20.8 Å². The topological polar surface area (TPSA) is 75.7 Å². The number of anilines is 1. The Balaban J connectivity index is 1.86. The molecule has 2 fully saturated rings. The monoisotopic (exact) mass is 394 g/mol. The van der Waals surface area contributed by atoms with Gasteiger partial charge in [-0.2, -0.15) is 4.31 Å². The second-order valence-corrected chi connectivity index (χ2v) is 9.36. The quantitative estimate of drug-likeness (QED) is 0.732. The van der Waals surface area contributed by atoms with E-state index in [0.29, 0.717) is 43.0 Å². The minimum absolute atomic E-state index is 0.0116. The van der Waals surface area contributed by atoms with Gasteiger partial charge in [-0.3, -0.25) is 4.79 Å². The second-order valence-electron chi connectivity index (χ2n) is 7.45. The average molecular weight is 395 g/mol. The van der Waals surface area contributed by atoms with Crippen molar-refractivity contribution in [2.75, 3.05) is 25.0 Å². The predicted octanol–water partition coefficient (Wildman–Crippen LogP) is 3.49. The molecule has 2 bridgehead atoms. The third-order valence-corrected chi connectivity index (χ3v) is 7.98. The number of fused-ring (bicyclic) bond motifs is 2. The molecule has 3 atom stereocenters. The zero-order chi connectivity index (χ0) is 19.6. The van der Waals surface area contributed by atoms with Gasteiger partial charge in [-0.15, -0.1) is 0 Å². The van der Waals surface area contributed by atoms with Gasteiger partial charge in [0.1, 0.15) is 10.6 Å². The fraction of sp³-hybridized carbons (Fsp3) is 0.650. The number of benzene rings is 1. The Morgan fingerprint density at radius 3 is 2.48 bits per heavy atom. The van der Waals surface area contributed by atoms with Gasteiger partial charge in [0.2, 0.25) is 15.9 Å². The van der Waals surface area contributed by atoms with Crippen molar-refractivity contribution in [1.29, 1.82) is 0 Å². The van der Waals surface area contributed by atoms with Gasteiger partial charge < -0.3 is 10.1 Å². The molecule has 6 nitrogen and oxygen atoms in total. The maximum Gasteiger partial charge on any atom is 0.246 e. The Bertz CT molecular complexity index is 789. The van der Waals surface area contributed by atoms with Crippen LogP contribution in [0.15, 0.2) is 23.1 Å². The van der Waals surface area contributed by atoms with Crippen LogP contribution in [0.3, 0.4) is 0 Å². The first-order valence-corrected chi connectivity index (χ1v) is 11.4. The van der Waals surface area contributed by atoms with Crippen LogP contribution in [-0.2, 0) is 14.8 Å². The first-order chi connectivity index (χ1) is 12.9. The number of hydrogen-bond donors (Lipinski definition) is 1. The minimum atomic E-state index is -3.68. The van der Waals surface area contributed by atoms with Gasteiger partial charge in [0, 0.05) is 24.7 Å². The second kappa shape index (κ2) is 8.19. The Hall–Kier alpha value is -1.60. The summed E-state index contributed by atoms with van der Waals surface area (Å²) in [7, 11) is -3.68. The maximum absolute atomic E-state index is 13.0. The van der Waals surface area contributed by atoms with Crippen molar-refractivity contribution in [3.63, 3.8) is 0 Å². The highest BCUT2D eigenvalue weighted by Gasteiger charge is 2.43. The first kappa shape index (κ1) is 20.1. The van der Waals surface area contributed by atoms with E-state index >= 15 is 0 Å². The number of sulfonamides is 1. The van der Waals surface area contributed by atoms with Gasteiger partial charge >= 0.3 is 0 Å². The summed E-state index contributed by atoms with van der Waals surface area (Å²) >= 11 is 0. The van der Waals surface area contributed by atoms with Crippen molar-refractivity contribution in [2.24, 2.45) is 17.8 Å². The summed E-state index contributed by atoms with van der Waals surface area (Å²) in [4.78, 5) is 12.8. The van der Waals surface area contributed by atoms with E-state index in [1.165, 1.54) is 16.8 Å². The van der Waals surface area contributed by atoms with Crippen molar-refractivity contribution in [3.8, 4) is 5.75 Å². The molecule has 3 rings (SSSR count). The predicted molar refractivity (Wildman–Crippen MR) is 105 cm³/mol. The third-order valence-electron chi connectivity index (χ3n) is 5.91. The number of rotatable bonds is 8. The molecular formula is C20H30N2O4S. The molecule has 3 unspecified atom stereocenters. The summed E-state index contributed by atoms with van der Waals surface area (Å²) in [6.45, 7) is 6.57. The zero-order valence-electron chi connectivity index (χ0n) is 16.4. The molecule has 2 aliphatic carbocycles. The molecule has 0 radical (unpaired) electrons. The summed E-state index contributed by atoms with van der Waals surface area (Å²) in [6, 6.07) is 4.89. The van der Waals surface area contributed by atoms with Gasteiger partial charge in [0.25, 0.3) is 0 Å². The van der Waals surface area contributed by atoms with Crippen molar-refractivity contribution in [2.45, 2.75) is 51.3 Å². The number of carbonyl (C=O) groups is 1. The molecule has 0 spiro atoms. The number of carbonyl (C=O) groups excluding carboxylic acids is 1. The number of nitrogens with one attached hydrogen (secondary N) is 1. The van der Waals surface area contributed by atoms with Crippen LogP contribution >= 0.6 is 0 Å². The molecule has 2 saturated carbocycles. The molecule has 27 heavy (non-hydrogen) atoms. The fourth-order valence-corrected chi connectivity index (χ4v) is 6.18. The molecule has 1 N–H and O–H groups in total. The van der Waals surface area contributed by atoms with E-state index in [-0.39, 0.29) is 16.7 Å². The minimum Gasteiger partial charge on any atom is -0.492 e. The standard InChI is InChI=1S/C20H30N2O4S/c1-4-22(5-2)27(24,25)19-13-16(9-10-18(19)26-6-3)21-20(23)17-12-14-7-8-15(17)11-14/h9-10,13-15,17H,4-8,11-12H2,1-3H3,(H,21,23). The van der Waals surface area contributed by atoms with E-state index in [9.17, 15) is 13.2 Å². The van der Waals surface area contributed by atoms with Crippen molar-refractivity contribution in [1.82, 2.24) is 4.31 Å². The molecule has 150 valence electrons. The molecule has 2 aliphatic rings. The Morgan fingerprint density at radius 2 is 1.93 bits per heavy atom. The van der Waals surface area contributed by atoms with Gasteiger partial charge in [-0.25, -0.2) is 8.42 Å². The lowest BCUT2D eigenvalue weighted by atomic mass is 9.88. The average Bonchev–Trinajstić information content (AvgIpc) is 3.27. The normalized spacial score (nSPS) is 24.4. The lowest BCUT2D eigenvalue weighted by Gasteiger charge is -2.23. The van der Waals surface area contributed by atoms with Crippen LogP contribution in [0.5, 0.6) is 5.75 Å². The third kappa shape index (κ3) is 3.99. The summed E-state index contributed by atoms with van der Waals surface area (Å²) in [5.74, 6) is 1.55. The first-order valence-electron chi connectivity index (χ1n) is 9.98. The van der Waals surface area contributed by atoms with Crippen LogP contribution in [0.2, 0.25) is 0 Å². The highest BCUT2D eigenvalue weighted by atomic mass is 32.2. The highest BCUT2D eigenvalue weighted by molar-refractivity contribution is 7.89. The van der Waals surface area contributed by atoms with Gasteiger partial charge in [-0.1, -0.05) is 20.3 Å². The van der Waals surface area contributed by atoms with Crippen LogP contribution in [0, 0.1) is 17.8 Å². The van der Waals surface area contributed by atoms with E-state index in [1.54, 1.807) is 12.1 Å². The molecule has 7 heteroatoms. The van der Waals surface area contributed by atoms with Crippen molar-refractivity contribution >= 4 is 21.6 Å².